The molecule has 1 fully saturated rings. The molecule has 12 heteroatoms. The summed E-state index contributed by atoms with van der Waals surface area (Å²) in [6, 6.07) is 7.79. The van der Waals surface area contributed by atoms with Crippen LogP contribution in [0.15, 0.2) is 30.3 Å². The van der Waals surface area contributed by atoms with Crippen molar-refractivity contribution in [1.82, 2.24) is 4.57 Å². The van der Waals surface area contributed by atoms with Crippen molar-refractivity contribution in [3.8, 4) is 5.69 Å². The number of para-hydroxylation sites is 1. The van der Waals surface area contributed by atoms with Gasteiger partial charge in [-0.15, -0.1) is 0 Å². The van der Waals surface area contributed by atoms with Crippen molar-refractivity contribution in [1.29, 1.82) is 0 Å². The molecule has 2 heterocycles. The van der Waals surface area contributed by atoms with Crippen molar-refractivity contribution in [3.05, 3.63) is 57.4 Å². The normalized spacial score (nSPS) is 22.9. The predicted molar refractivity (Wildman–Crippen MR) is 102 cm³/mol. The summed E-state index contributed by atoms with van der Waals surface area (Å²) in [4.78, 5) is 36.5. The second-order valence-electron chi connectivity index (χ2n) is 6.63. The van der Waals surface area contributed by atoms with E-state index in [0.717, 1.165) is 18.8 Å². The third kappa shape index (κ3) is 3.65. The highest BCUT2D eigenvalue weighted by molar-refractivity contribution is 6.01. The van der Waals surface area contributed by atoms with Crippen molar-refractivity contribution in [2.24, 2.45) is 0 Å². The Morgan fingerprint density at radius 1 is 1.10 bits per heavy atom. The van der Waals surface area contributed by atoms with Crippen LogP contribution >= 0.6 is 0 Å². The zero-order valence-corrected chi connectivity index (χ0v) is 16.5. The number of hydrogen-bond acceptors (Lipinski definition) is 10. The molecule has 31 heavy (non-hydrogen) atoms. The summed E-state index contributed by atoms with van der Waals surface area (Å²) in [5, 5.41) is 42.0. The number of carbonyl (C=O) groups excluding carboxylic acids is 2. The number of aliphatic hydroxyl groups is 3. The number of aromatic nitrogens is 1. The van der Waals surface area contributed by atoms with E-state index in [1.165, 1.54) is 12.1 Å². The number of nitro groups is 1. The topological polar surface area (TPSA) is 171 Å². The number of methoxy groups -OCH3 is 2. The minimum Gasteiger partial charge on any atom is -0.464 e. The predicted octanol–water partition coefficient (Wildman–Crippen LogP) is 0.113. The van der Waals surface area contributed by atoms with Gasteiger partial charge in [0.15, 0.2) is 0 Å². The molecule has 1 aliphatic heterocycles. The first kappa shape index (κ1) is 22.4. The lowest BCUT2D eigenvalue weighted by atomic mass is 10.00. The Balaban J connectivity index is 2.44. The Bertz CT molecular complexity index is 1000. The SMILES string of the molecule is COC(=O)c1c(C2OC(CO)C(O)C2O)c([N+](=O)[O-])c(C(=O)OC)n1-c1ccccc1. The highest BCUT2D eigenvalue weighted by Gasteiger charge is 2.51. The quantitative estimate of drug-likeness (QED) is 0.321. The van der Waals surface area contributed by atoms with Crippen LogP contribution in [0, 0.1) is 10.1 Å². The van der Waals surface area contributed by atoms with Crippen LogP contribution in [0.25, 0.3) is 5.69 Å². The van der Waals surface area contributed by atoms with Gasteiger partial charge in [-0.2, -0.15) is 0 Å². The van der Waals surface area contributed by atoms with Gasteiger partial charge in [-0.3, -0.25) is 14.7 Å². The minimum absolute atomic E-state index is 0.199. The number of nitrogens with zero attached hydrogens (tertiary/aromatic N) is 2. The molecule has 0 bridgehead atoms. The average molecular weight is 436 g/mol. The van der Waals surface area contributed by atoms with Crippen LogP contribution in [-0.2, 0) is 14.2 Å². The zero-order chi connectivity index (χ0) is 22.9. The first-order valence-corrected chi connectivity index (χ1v) is 9.05. The van der Waals surface area contributed by atoms with Crippen molar-refractivity contribution >= 4 is 17.6 Å². The number of aliphatic hydroxyl groups excluding tert-OH is 3. The molecular weight excluding hydrogens is 416 g/mol. The highest BCUT2D eigenvalue weighted by Crippen LogP contribution is 2.44. The zero-order valence-electron chi connectivity index (χ0n) is 16.5. The van der Waals surface area contributed by atoms with Crippen LogP contribution in [0.5, 0.6) is 0 Å². The molecule has 1 aromatic carbocycles. The van der Waals surface area contributed by atoms with Crippen molar-refractivity contribution in [2.45, 2.75) is 24.4 Å². The van der Waals surface area contributed by atoms with Gasteiger partial charge in [0.1, 0.15) is 30.1 Å². The number of rotatable bonds is 6. The number of carbonyl (C=O) groups is 2. The van der Waals surface area contributed by atoms with Gasteiger partial charge >= 0.3 is 17.6 Å². The highest BCUT2D eigenvalue weighted by atomic mass is 16.6. The van der Waals surface area contributed by atoms with Crippen LogP contribution in [0.3, 0.4) is 0 Å². The third-order valence-electron chi connectivity index (χ3n) is 4.96. The largest absolute Gasteiger partial charge is 0.464 e. The fraction of sp³-hybridized carbons (Fsp3) is 0.368. The van der Waals surface area contributed by atoms with Crippen LogP contribution in [0.1, 0.15) is 32.6 Å². The summed E-state index contributed by atoms with van der Waals surface area (Å²) >= 11 is 0. The Labute approximate surface area is 175 Å². The van der Waals surface area contributed by atoms with Gasteiger partial charge in [-0.1, -0.05) is 18.2 Å². The molecule has 12 nitrogen and oxygen atoms in total. The Morgan fingerprint density at radius 2 is 1.68 bits per heavy atom. The number of ether oxygens (including phenoxy) is 3. The minimum atomic E-state index is -1.74. The van der Waals surface area contributed by atoms with Gasteiger partial charge < -0.3 is 29.5 Å². The summed E-state index contributed by atoms with van der Waals surface area (Å²) in [6.45, 7) is -0.695. The molecule has 2 aromatic rings. The van der Waals surface area contributed by atoms with Gasteiger partial charge in [0.05, 0.1) is 31.3 Å². The van der Waals surface area contributed by atoms with Gasteiger partial charge in [0, 0.05) is 5.69 Å². The number of esters is 2. The molecular formula is C19H20N2O10. The molecule has 1 aromatic heterocycles. The van der Waals surface area contributed by atoms with E-state index in [1.54, 1.807) is 18.2 Å². The van der Waals surface area contributed by atoms with E-state index in [1.807, 2.05) is 0 Å². The standard InChI is InChI=1S/C19H20N2O10/c1-29-18(25)13-11(17-16(24)15(23)10(8-22)31-17)12(21(27)28)14(19(26)30-2)20(13)9-6-4-3-5-7-9/h3-7,10,15-17,22-24H,8H2,1-2H3. The van der Waals surface area contributed by atoms with E-state index >= 15 is 0 Å². The van der Waals surface area contributed by atoms with E-state index in [9.17, 15) is 35.0 Å². The first-order chi connectivity index (χ1) is 14.8. The van der Waals surface area contributed by atoms with E-state index in [0.29, 0.717) is 0 Å². The van der Waals surface area contributed by atoms with E-state index in [-0.39, 0.29) is 5.69 Å². The molecule has 0 amide bonds. The van der Waals surface area contributed by atoms with Gasteiger partial charge in [0.25, 0.3) is 0 Å². The summed E-state index contributed by atoms with van der Waals surface area (Å²) in [7, 11) is 2.05. The molecule has 0 saturated carbocycles. The Hall–Kier alpha value is -3.32. The van der Waals surface area contributed by atoms with Crippen molar-refractivity contribution in [2.75, 3.05) is 20.8 Å². The van der Waals surface area contributed by atoms with Crippen LogP contribution in [-0.4, -0.2) is 75.9 Å². The number of hydrogen-bond donors (Lipinski definition) is 3. The monoisotopic (exact) mass is 436 g/mol. The lowest BCUT2D eigenvalue weighted by Crippen LogP contribution is -2.32. The van der Waals surface area contributed by atoms with Gasteiger partial charge in [-0.25, -0.2) is 9.59 Å². The molecule has 0 radical (unpaired) electrons. The summed E-state index contributed by atoms with van der Waals surface area (Å²) < 4.78 is 15.9. The maximum Gasteiger partial charge on any atom is 0.362 e. The van der Waals surface area contributed by atoms with E-state index in [2.05, 4.69) is 0 Å². The fourth-order valence-corrected chi connectivity index (χ4v) is 3.59. The molecule has 3 rings (SSSR count). The van der Waals surface area contributed by atoms with Crippen LogP contribution in [0.4, 0.5) is 5.69 Å². The summed E-state index contributed by atoms with van der Waals surface area (Å²) in [5.74, 6) is -2.19. The van der Waals surface area contributed by atoms with Crippen LogP contribution < -0.4 is 0 Å². The number of benzene rings is 1. The molecule has 0 aliphatic carbocycles. The maximum absolute atomic E-state index is 12.8. The molecule has 3 N–H and O–H groups in total. The maximum atomic E-state index is 12.8. The molecule has 4 unspecified atom stereocenters. The first-order valence-electron chi connectivity index (χ1n) is 9.05. The molecule has 166 valence electrons. The lowest BCUT2D eigenvalue weighted by Gasteiger charge is -2.16. The fourth-order valence-electron chi connectivity index (χ4n) is 3.59. The molecule has 1 saturated heterocycles. The molecule has 0 spiro atoms. The third-order valence-corrected chi connectivity index (χ3v) is 4.96. The summed E-state index contributed by atoms with van der Waals surface area (Å²) in [6.07, 6.45) is -6.22. The van der Waals surface area contributed by atoms with Crippen molar-refractivity contribution in [3.63, 3.8) is 0 Å². The smallest absolute Gasteiger partial charge is 0.362 e. The van der Waals surface area contributed by atoms with E-state index in [4.69, 9.17) is 14.2 Å². The Morgan fingerprint density at radius 3 is 2.16 bits per heavy atom. The second-order valence-corrected chi connectivity index (χ2v) is 6.63. The Kier molecular flexibility index (Phi) is 6.36. The summed E-state index contributed by atoms with van der Waals surface area (Å²) in [5.41, 5.74) is -2.21. The van der Waals surface area contributed by atoms with E-state index < -0.39 is 70.5 Å². The van der Waals surface area contributed by atoms with Gasteiger partial charge in [0.2, 0.25) is 5.69 Å². The molecule has 4 atom stereocenters. The van der Waals surface area contributed by atoms with Gasteiger partial charge in [-0.05, 0) is 12.1 Å². The van der Waals surface area contributed by atoms with Crippen molar-refractivity contribution < 1.29 is 44.0 Å². The second kappa shape index (κ2) is 8.81. The lowest BCUT2D eigenvalue weighted by molar-refractivity contribution is -0.386. The van der Waals surface area contributed by atoms with Crippen LogP contribution in [0.2, 0.25) is 0 Å². The molecule has 1 aliphatic rings. The average Bonchev–Trinajstić information content (AvgIpc) is 3.28.